The Balaban J connectivity index is 2.31. The standard InChI is InChI=1S/C12H17N3O/c1-16-8-9-4-5-12-10(7-9)11(14-15-12)3-2-6-13/h4-5,7H,2-3,6,8,13H2,1H3,(H,14,15). The van der Waals surface area contributed by atoms with Gasteiger partial charge in [0.25, 0.3) is 0 Å². The smallest absolute Gasteiger partial charge is 0.0713 e. The first-order chi connectivity index (χ1) is 7.85. The van der Waals surface area contributed by atoms with Crippen LogP contribution in [0.4, 0.5) is 0 Å². The lowest BCUT2D eigenvalue weighted by atomic mass is 10.1. The maximum Gasteiger partial charge on any atom is 0.0713 e. The predicted molar refractivity (Wildman–Crippen MR) is 64.2 cm³/mol. The van der Waals surface area contributed by atoms with E-state index in [1.54, 1.807) is 7.11 Å². The monoisotopic (exact) mass is 219 g/mol. The van der Waals surface area contributed by atoms with Gasteiger partial charge in [0.1, 0.15) is 0 Å². The van der Waals surface area contributed by atoms with Crippen molar-refractivity contribution >= 4 is 10.9 Å². The molecule has 0 saturated heterocycles. The molecule has 0 spiro atoms. The second-order valence-corrected chi connectivity index (χ2v) is 3.88. The zero-order valence-corrected chi connectivity index (χ0v) is 9.49. The molecule has 0 aliphatic heterocycles. The SMILES string of the molecule is COCc1ccc2[nH]nc(CCCN)c2c1. The lowest BCUT2D eigenvalue weighted by Crippen LogP contribution is -2.00. The number of fused-ring (bicyclic) bond motifs is 1. The number of nitrogens with two attached hydrogens (primary N) is 1. The van der Waals surface area contributed by atoms with Gasteiger partial charge in [-0.1, -0.05) is 6.07 Å². The van der Waals surface area contributed by atoms with E-state index >= 15 is 0 Å². The molecule has 16 heavy (non-hydrogen) atoms. The number of ether oxygens (including phenoxy) is 1. The van der Waals surface area contributed by atoms with Crippen LogP contribution in [0.5, 0.6) is 0 Å². The molecule has 0 amide bonds. The van der Waals surface area contributed by atoms with Crippen LogP contribution in [-0.2, 0) is 17.8 Å². The summed E-state index contributed by atoms with van der Waals surface area (Å²) in [4.78, 5) is 0. The normalized spacial score (nSPS) is 11.1. The van der Waals surface area contributed by atoms with Crippen molar-refractivity contribution in [2.45, 2.75) is 19.4 Å². The summed E-state index contributed by atoms with van der Waals surface area (Å²) in [6, 6.07) is 6.23. The molecular formula is C12H17N3O. The van der Waals surface area contributed by atoms with Gasteiger partial charge >= 0.3 is 0 Å². The fourth-order valence-corrected chi connectivity index (χ4v) is 1.83. The van der Waals surface area contributed by atoms with Crippen molar-refractivity contribution in [1.82, 2.24) is 10.2 Å². The Bertz CT molecular complexity index is 464. The molecule has 1 aromatic carbocycles. The number of rotatable bonds is 5. The number of hydrogen-bond donors (Lipinski definition) is 2. The Morgan fingerprint density at radius 2 is 2.31 bits per heavy atom. The van der Waals surface area contributed by atoms with Crippen molar-refractivity contribution in [3.8, 4) is 0 Å². The maximum atomic E-state index is 5.51. The molecule has 1 aromatic heterocycles. The fraction of sp³-hybridized carbons (Fsp3) is 0.417. The molecule has 4 heteroatoms. The topological polar surface area (TPSA) is 63.9 Å². The van der Waals surface area contributed by atoms with E-state index in [0.29, 0.717) is 13.2 Å². The second kappa shape index (κ2) is 5.09. The number of nitrogens with one attached hydrogen (secondary N) is 1. The third-order valence-corrected chi connectivity index (χ3v) is 2.63. The van der Waals surface area contributed by atoms with E-state index in [1.807, 2.05) is 6.07 Å². The van der Waals surface area contributed by atoms with Crippen molar-refractivity contribution < 1.29 is 4.74 Å². The largest absolute Gasteiger partial charge is 0.380 e. The number of aryl methyl sites for hydroxylation is 1. The molecule has 2 aromatic rings. The number of benzene rings is 1. The highest BCUT2D eigenvalue weighted by Crippen LogP contribution is 2.19. The number of H-pyrrole nitrogens is 1. The fourth-order valence-electron chi connectivity index (χ4n) is 1.83. The van der Waals surface area contributed by atoms with E-state index in [4.69, 9.17) is 10.5 Å². The summed E-state index contributed by atoms with van der Waals surface area (Å²) < 4.78 is 5.12. The Labute approximate surface area is 94.8 Å². The molecule has 0 fully saturated rings. The third-order valence-electron chi connectivity index (χ3n) is 2.63. The Kier molecular flexibility index (Phi) is 3.54. The van der Waals surface area contributed by atoms with Crippen LogP contribution >= 0.6 is 0 Å². The predicted octanol–water partition coefficient (Wildman–Crippen LogP) is 1.60. The minimum atomic E-state index is 0.636. The van der Waals surface area contributed by atoms with Crippen LogP contribution in [0.2, 0.25) is 0 Å². The van der Waals surface area contributed by atoms with E-state index in [-0.39, 0.29) is 0 Å². The van der Waals surface area contributed by atoms with Gasteiger partial charge in [0.05, 0.1) is 17.8 Å². The van der Waals surface area contributed by atoms with Crippen LogP contribution in [-0.4, -0.2) is 23.9 Å². The first kappa shape index (κ1) is 11.1. The molecule has 0 unspecified atom stereocenters. The van der Waals surface area contributed by atoms with Gasteiger partial charge in [-0.2, -0.15) is 5.10 Å². The van der Waals surface area contributed by atoms with Gasteiger partial charge in [-0.25, -0.2) is 0 Å². The van der Waals surface area contributed by atoms with Crippen molar-refractivity contribution in [3.05, 3.63) is 29.5 Å². The van der Waals surface area contributed by atoms with E-state index in [0.717, 1.165) is 24.1 Å². The molecular weight excluding hydrogens is 202 g/mol. The van der Waals surface area contributed by atoms with Crippen LogP contribution in [0.25, 0.3) is 10.9 Å². The van der Waals surface area contributed by atoms with Gasteiger partial charge in [-0.05, 0) is 37.1 Å². The summed E-state index contributed by atoms with van der Waals surface area (Å²) in [7, 11) is 1.70. The molecule has 4 nitrogen and oxygen atoms in total. The quantitative estimate of drug-likeness (QED) is 0.802. The lowest BCUT2D eigenvalue weighted by Gasteiger charge is -2.00. The first-order valence-corrected chi connectivity index (χ1v) is 5.50. The molecule has 0 radical (unpaired) electrons. The molecule has 2 rings (SSSR count). The molecule has 0 saturated carbocycles. The number of hydrogen-bond acceptors (Lipinski definition) is 3. The average molecular weight is 219 g/mol. The second-order valence-electron chi connectivity index (χ2n) is 3.88. The summed E-state index contributed by atoms with van der Waals surface area (Å²) in [6.07, 6.45) is 1.89. The number of nitrogens with zero attached hydrogens (tertiary/aromatic N) is 1. The van der Waals surface area contributed by atoms with Gasteiger partial charge in [-0.15, -0.1) is 0 Å². The van der Waals surface area contributed by atoms with Crippen LogP contribution in [0.1, 0.15) is 17.7 Å². The minimum Gasteiger partial charge on any atom is -0.380 e. The van der Waals surface area contributed by atoms with Gasteiger partial charge in [-0.3, -0.25) is 5.10 Å². The van der Waals surface area contributed by atoms with E-state index in [1.165, 1.54) is 10.9 Å². The first-order valence-electron chi connectivity index (χ1n) is 5.50. The average Bonchev–Trinajstić information content (AvgIpc) is 2.69. The van der Waals surface area contributed by atoms with Crippen LogP contribution in [0.15, 0.2) is 18.2 Å². The van der Waals surface area contributed by atoms with Crippen LogP contribution in [0.3, 0.4) is 0 Å². The molecule has 0 atom stereocenters. The van der Waals surface area contributed by atoms with E-state index in [9.17, 15) is 0 Å². The molecule has 0 aliphatic carbocycles. The van der Waals surface area contributed by atoms with E-state index in [2.05, 4.69) is 22.3 Å². The zero-order chi connectivity index (χ0) is 11.4. The van der Waals surface area contributed by atoms with Crippen molar-refractivity contribution in [1.29, 1.82) is 0 Å². The summed E-state index contributed by atoms with van der Waals surface area (Å²) >= 11 is 0. The Morgan fingerprint density at radius 1 is 1.44 bits per heavy atom. The van der Waals surface area contributed by atoms with E-state index < -0.39 is 0 Å². The Morgan fingerprint density at radius 3 is 3.06 bits per heavy atom. The van der Waals surface area contributed by atoms with Gasteiger partial charge < -0.3 is 10.5 Å². The summed E-state index contributed by atoms with van der Waals surface area (Å²) in [5.74, 6) is 0. The molecule has 0 bridgehead atoms. The number of aromatic amines is 1. The molecule has 86 valence electrons. The van der Waals surface area contributed by atoms with Gasteiger partial charge in [0, 0.05) is 12.5 Å². The molecule has 1 heterocycles. The zero-order valence-electron chi connectivity index (χ0n) is 9.49. The van der Waals surface area contributed by atoms with Gasteiger partial charge in [0.15, 0.2) is 0 Å². The maximum absolute atomic E-state index is 5.51. The van der Waals surface area contributed by atoms with Crippen molar-refractivity contribution in [3.63, 3.8) is 0 Å². The van der Waals surface area contributed by atoms with Crippen LogP contribution in [0, 0.1) is 0 Å². The molecule has 0 aliphatic rings. The minimum absolute atomic E-state index is 0.636. The number of methoxy groups -OCH3 is 1. The summed E-state index contributed by atoms with van der Waals surface area (Å²) in [6.45, 7) is 1.34. The van der Waals surface area contributed by atoms with Gasteiger partial charge in [0.2, 0.25) is 0 Å². The highest BCUT2D eigenvalue weighted by Gasteiger charge is 2.05. The van der Waals surface area contributed by atoms with Crippen LogP contribution < -0.4 is 5.73 Å². The third kappa shape index (κ3) is 2.23. The van der Waals surface area contributed by atoms with Crippen molar-refractivity contribution in [2.75, 3.05) is 13.7 Å². The van der Waals surface area contributed by atoms with Crippen molar-refractivity contribution in [2.24, 2.45) is 5.73 Å². The number of aromatic nitrogens is 2. The molecule has 3 N–H and O–H groups in total. The Hall–Kier alpha value is -1.39. The highest BCUT2D eigenvalue weighted by molar-refractivity contribution is 5.82. The lowest BCUT2D eigenvalue weighted by molar-refractivity contribution is 0.185. The summed E-state index contributed by atoms with van der Waals surface area (Å²) in [5, 5.41) is 8.53. The summed E-state index contributed by atoms with van der Waals surface area (Å²) in [5.41, 5.74) is 8.85. The highest BCUT2D eigenvalue weighted by atomic mass is 16.5.